The first-order chi connectivity index (χ1) is 13.0. The van der Waals surface area contributed by atoms with Crippen LogP contribution in [0.4, 0.5) is 0 Å². The summed E-state index contributed by atoms with van der Waals surface area (Å²) in [6, 6.07) is 5.74. The Bertz CT molecular complexity index is 926. The number of hydrazone groups is 1. The number of nitrogens with zero attached hydrogens (tertiary/aromatic N) is 2. The Labute approximate surface area is 157 Å². The van der Waals surface area contributed by atoms with Crippen LogP contribution in [-0.4, -0.2) is 34.2 Å². The fourth-order valence-electron chi connectivity index (χ4n) is 3.07. The Morgan fingerprint density at radius 1 is 1.26 bits per heavy atom. The number of aromatic amines is 1. The Morgan fingerprint density at radius 3 is 2.78 bits per heavy atom. The highest BCUT2D eigenvalue weighted by Crippen LogP contribution is 2.23. The molecule has 27 heavy (non-hydrogen) atoms. The first kappa shape index (κ1) is 18.6. The number of aryl methyl sites for hydroxylation is 2. The minimum absolute atomic E-state index is 0.254. The summed E-state index contributed by atoms with van der Waals surface area (Å²) in [5.74, 6) is -0.622. The van der Waals surface area contributed by atoms with Crippen LogP contribution in [0.3, 0.4) is 0 Å². The van der Waals surface area contributed by atoms with Crippen LogP contribution < -0.4 is 5.43 Å². The quantitative estimate of drug-likeness (QED) is 0.607. The fourth-order valence-corrected chi connectivity index (χ4v) is 3.07. The molecule has 0 saturated carbocycles. The number of rotatable bonds is 6. The molecule has 0 radical (unpaired) electrons. The number of aromatic nitrogens is 2. The van der Waals surface area contributed by atoms with Gasteiger partial charge in [0.2, 0.25) is 0 Å². The van der Waals surface area contributed by atoms with Gasteiger partial charge in [0.25, 0.3) is 5.91 Å². The van der Waals surface area contributed by atoms with E-state index in [4.69, 9.17) is 4.74 Å². The van der Waals surface area contributed by atoms with Gasteiger partial charge in [-0.2, -0.15) is 5.10 Å². The molecule has 3 rings (SSSR count). The summed E-state index contributed by atoms with van der Waals surface area (Å²) in [7, 11) is 0. The largest absolute Gasteiger partial charge is 0.462 e. The number of H-pyrrole nitrogens is 1. The highest BCUT2D eigenvalue weighted by molar-refractivity contribution is 6.27. The maximum atomic E-state index is 12.2. The third kappa shape index (κ3) is 3.97. The van der Waals surface area contributed by atoms with E-state index >= 15 is 0 Å². The normalized spacial score (nSPS) is 15.0. The summed E-state index contributed by atoms with van der Waals surface area (Å²) in [6.07, 6.45) is 4.76. The predicted octanol–water partition coefficient (Wildman–Crippen LogP) is 2.71. The molecule has 0 aliphatic carbocycles. The third-order valence-corrected chi connectivity index (χ3v) is 4.44. The second-order valence-electron chi connectivity index (χ2n) is 6.26. The number of carbonyl (C=O) groups is 2. The summed E-state index contributed by atoms with van der Waals surface area (Å²) in [4.78, 5) is 31.8. The lowest BCUT2D eigenvalue weighted by atomic mass is 10.0. The molecule has 2 aromatic heterocycles. The van der Waals surface area contributed by atoms with Crippen LogP contribution in [0.1, 0.15) is 46.3 Å². The molecule has 0 aromatic carbocycles. The monoisotopic (exact) mass is 366 g/mol. The number of carbonyl (C=O) groups excluding carboxylic acids is 2. The van der Waals surface area contributed by atoms with Crippen LogP contribution in [0.15, 0.2) is 35.1 Å². The van der Waals surface area contributed by atoms with E-state index in [0.29, 0.717) is 47.7 Å². The van der Waals surface area contributed by atoms with Crippen LogP contribution in [-0.2, 0) is 16.0 Å². The van der Waals surface area contributed by atoms with Crippen LogP contribution in [0.2, 0.25) is 0 Å². The van der Waals surface area contributed by atoms with E-state index in [-0.39, 0.29) is 11.9 Å². The Morgan fingerprint density at radius 2 is 2.07 bits per heavy atom. The number of ether oxygens (including phenoxy) is 1. The standard InChI is InChI=1S/C20H22N4O3/c1-4-27-20(26)18-12(2)17(22-13(18)3)11-15-16(23-24-19(15)25)9-8-14-7-5-6-10-21-14/h5-7,10-11,22H,4,8-9H2,1-3H3,(H,24,25). The molecule has 1 aliphatic rings. The molecule has 0 saturated heterocycles. The zero-order valence-electron chi connectivity index (χ0n) is 15.6. The van der Waals surface area contributed by atoms with E-state index in [1.54, 1.807) is 19.2 Å². The molecule has 1 aliphatic heterocycles. The SMILES string of the molecule is CCOC(=O)c1c(C)[nH]c(C=C2C(=O)NN=C2CCc2ccccn2)c1C. The zero-order chi connectivity index (χ0) is 19.4. The molecule has 0 unspecified atom stereocenters. The second kappa shape index (κ2) is 7.99. The lowest BCUT2D eigenvalue weighted by Crippen LogP contribution is -2.13. The number of hydrogen-bond donors (Lipinski definition) is 2. The molecule has 3 heterocycles. The average Bonchev–Trinajstić information content (AvgIpc) is 3.14. The average molecular weight is 366 g/mol. The van der Waals surface area contributed by atoms with Crippen molar-refractivity contribution in [2.24, 2.45) is 5.10 Å². The van der Waals surface area contributed by atoms with Gasteiger partial charge in [-0.1, -0.05) is 6.07 Å². The highest BCUT2D eigenvalue weighted by Gasteiger charge is 2.24. The van der Waals surface area contributed by atoms with Crippen LogP contribution in [0.25, 0.3) is 6.08 Å². The lowest BCUT2D eigenvalue weighted by Gasteiger charge is -2.03. The van der Waals surface area contributed by atoms with Gasteiger partial charge in [-0.15, -0.1) is 0 Å². The first-order valence-electron chi connectivity index (χ1n) is 8.86. The van der Waals surface area contributed by atoms with E-state index in [9.17, 15) is 9.59 Å². The van der Waals surface area contributed by atoms with Gasteiger partial charge in [0, 0.05) is 23.3 Å². The summed E-state index contributed by atoms with van der Waals surface area (Å²) in [6.45, 7) is 5.73. The number of hydrogen-bond acceptors (Lipinski definition) is 5. The summed E-state index contributed by atoms with van der Waals surface area (Å²) in [5, 5.41) is 4.15. The van der Waals surface area contributed by atoms with Crippen LogP contribution >= 0.6 is 0 Å². The van der Waals surface area contributed by atoms with Gasteiger partial charge in [-0.05, 0) is 57.4 Å². The predicted molar refractivity (Wildman–Crippen MR) is 102 cm³/mol. The van der Waals surface area contributed by atoms with E-state index in [1.807, 2.05) is 32.0 Å². The number of nitrogens with one attached hydrogen (secondary N) is 2. The topological polar surface area (TPSA) is 96.4 Å². The molecular weight excluding hydrogens is 344 g/mol. The summed E-state index contributed by atoms with van der Waals surface area (Å²) < 4.78 is 5.11. The molecule has 7 heteroatoms. The number of esters is 1. The van der Waals surface area contributed by atoms with Crippen molar-refractivity contribution in [3.05, 3.63) is 58.2 Å². The number of amides is 1. The zero-order valence-corrected chi connectivity index (χ0v) is 15.6. The summed E-state index contributed by atoms with van der Waals surface area (Å²) in [5.41, 5.74) is 7.30. The Hall–Kier alpha value is -3.22. The van der Waals surface area contributed by atoms with Crippen molar-refractivity contribution < 1.29 is 14.3 Å². The molecule has 0 bridgehead atoms. The molecular formula is C20H22N4O3. The van der Waals surface area contributed by atoms with E-state index < -0.39 is 0 Å². The van der Waals surface area contributed by atoms with Crippen molar-refractivity contribution in [3.63, 3.8) is 0 Å². The molecule has 0 atom stereocenters. The molecule has 2 aromatic rings. The second-order valence-corrected chi connectivity index (χ2v) is 6.26. The van der Waals surface area contributed by atoms with Crippen molar-refractivity contribution in [1.29, 1.82) is 0 Å². The van der Waals surface area contributed by atoms with E-state index in [0.717, 1.165) is 11.3 Å². The minimum atomic E-state index is -0.367. The van der Waals surface area contributed by atoms with Gasteiger partial charge < -0.3 is 9.72 Å². The van der Waals surface area contributed by atoms with Gasteiger partial charge >= 0.3 is 5.97 Å². The van der Waals surface area contributed by atoms with Crippen molar-refractivity contribution in [1.82, 2.24) is 15.4 Å². The maximum Gasteiger partial charge on any atom is 0.340 e. The van der Waals surface area contributed by atoms with Crippen molar-refractivity contribution in [2.45, 2.75) is 33.6 Å². The van der Waals surface area contributed by atoms with E-state index in [1.165, 1.54) is 0 Å². The minimum Gasteiger partial charge on any atom is -0.462 e. The molecule has 1 amide bonds. The van der Waals surface area contributed by atoms with Crippen molar-refractivity contribution >= 4 is 23.7 Å². The Kier molecular flexibility index (Phi) is 5.49. The Balaban J connectivity index is 1.84. The molecule has 7 nitrogen and oxygen atoms in total. The molecule has 140 valence electrons. The van der Waals surface area contributed by atoms with Gasteiger partial charge in [0.1, 0.15) is 0 Å². The lowest BCUT2D eigenvalue weighted by molar-refractivity contribution is -0.116. The van der Waals surface area contributed by atoms with Gasteiger partial charge in [-0.25, -0.2) is 10.2 Å². The van der Waals surface area contributed by atoms with Gasteiger partial charge in [0.05, 0.1) is 23.5 Å². The molecule has 0 spiro atoms. The maximum absolute atomic E-state index is 12.2. The van der Waals surface area contributed by atoms with Crippen molar-refractivity contribution in [3.8, 4) is 0 Å². The first-order valence-corrected chi connectivity index (χ1v) is 8.86. The molecule has 0 fully saturated rings. The smallest absolute Gasteiger partial charge is 0.340 e. The fraction of sp³-hybridized carbons (Fsp3) is 0.300. The van der Waals surface area contributed by atoms with Gasteiger partial charge in [0.15, 0.2) is 0 Å². The highest BCUT2D eigenvalue weighted by atomic mass is 16.5. The third-order valence-electron chi connectivity index (χ3n) is 4.44. The van der Waals surface area contributed by atoms with Crippen LogP contribution in [0, 0.1) is 13.8 Å². The van der Waals surface area contributed by atoms with Crippen molar-refractivity contribution in [2.75, 3.05) is 6.61 Å². The van der Waals surface area contributed by atoms with E-state index in [2.05, 4.69) is 20.5 Å². The number of pyridine rings is 1. The molecule has 2 N–H and O–H groups in total. The van der Waals surface area contributed by atoms with Crippen LogP contribution in [0.5, 0.6) is 0 Å². The summed E-state index contributed by atoms with van der Waals surface area (Å²) >= 11 is 0. The van der Waals surface area contributed by atoms with Gasteiger partial charge in [-0.3, -0.25) is 9.78 Å².